The molecule has 3 aromatic carbocycles. The van der Waals surface area contributed by atoms with Gasteiger partial charge < -0.3 is 19.9 Å². The average molecular weight is 622 g/mol. The number of carboxylic acid groups (broad SMARTS) is 1. The molecule has 0 saturated carbocycles. The third-order valence-corrected chi connectivity index (χ3v) is 7.82. The van der Waals surface area contributed by atoms with Gasteiger partial charge in [0.15, 0.2) is 0 Å². The zero-order valence-electron chi connectivity index (χ0n) is 21.0. The highest BCUT2D eigenvalue weighted by atomic mass is 35.5. The van der Waals surface area contributed by atoms with Gasteiger partial charge in [0.1, 0.15) is 17.7 Å². The Balaban J connectivity index is 1.51. The summed E-state index contributed by atoms with van der Waals surface area (Å²) in [5, 5.41) is 12.0. The molecule has 2 N–H and O–H groups in total. The Morgan fingerprint density at radius 3 is 2.46 bits per heavy atom. The molecule has 0 aromatic heterocycles. The lowest BCUT2D eigenvalue weighted by Crippen LogP contribution is -2.42. The number of halogens is 4. The predicted octanol–water partition coefficient (Wildman–Crippen LogP) is 4.53. The van der Waals surface area contributed by atoms with Crippen LogP contribution in [0.5, 0.6) is 0 Å². The summed E-state index contributed by atoms with van der Waals surface area (Å²) in [7, 11) is 0. The summed E-state index contributed by atoms with van der Waals surface area (Å²) in [6.45, 7) is 0.252. The van der Waals surface area contributed by atoms with Crippen LogP contribution in [0, 0.1) is 11.6 Å². The summed E-state index contributed by atoms with van der Waals surface area (Å²) in [6, 6.07) is 9.06. The van der Waals surface area contributed by atoms with Crippen molar-refractivity contribution >= 4 is 58.1 Å². The monoisotopic (exact) mass is 621 g/mol. The molecule has 1 aliphatic rings. The van der Waals surface area contributed by atoms with Crippen molar-refractivity contribution in [2.45, 2.75) is 30.3 Å². The highest BCUT2D eigenvalue weighted by Crippen LogP contribution is 2.35. The Morgan fingerprint density at radius 1 is 1.12 bits per heavy atom. The van der Waals surface area contributed by atoms with Crippen molar-refractivity contribution in [1.82, 2.24) is 10.2 Å². The van der Waals surface area contributed by atoms with Crippen LogP contribution in [0.25, 0.3) is 6.08 Å². The molecule has 0 saturated heterocycles. The minimum atomic E-state index is -2.51. The Hall–Kier alpha value is -3.64. The van der Waals surface area contributed by atoms with Crippen molar-refractivity contribution < 1.29 is 37.0 Å². The number of carbonyl (C=O) groups excluding carboxylic acids is 2. The summed E-state index contributed by atoms with van der Waals surface area (Å²) in [4.78, 5) is 39.1. The fraction of sp³-hybridized carbons (Fsp3) is 0.179. The van der Waals surface area contributed by atoms with E-state index in [2.05, 4.69) is 5.32 Å². The third kappa shape index (κ3) is 6.99. The first-order valence-electron chi connectivity index (χ1n) is 12.1. The summed E-state index contributed by atoms with van der Waals surface area (Å²) in [5.41, 5.74) is 1.000. The first kappa shape index (κ1) is 30.3. The van der Waals surface area contributed by atoms with Crippen LogP contribution >= 0.6 is 23.2 Å². The van der Waals surface area contributed by atoms with Gasteiger partial charge >= 0.3 is 5.97 Å². The van der Waals surface area contributed by atoms with Gasteiger partial charge in [-0.15, -0.1) is 0 Å². The molecule has 3 aromatic rings. The topological polar surface area (TPSA) is 127 Å². The second-order valence-electron chi connectivity index (χ2n) is 9.11. The highest BCUT2D eigenvalue weighted by molar-refractivity contribution is 7.79. The van der Waals surface area contributed by atoms with E-state index in [1.54, 1.807) is 0 Å². The smallest absolute Gasteiger partial charge is 0.326 e. The van der Waals surface area contributed by atoms with E-state index in [4.69, 9.17) is 23.2 Å². The van der Waals surface area contributed by atoms with Crippen LogP contribution in [0.4, 0.5) is 8.78 Å². The number of hydrogen-bond donors (Lipinski definition) is 2. The van der Waals surface area contributed by atoms with Gasteiger partial charge in [-0.2, -0.15) is 0 Å². The molecule has 0 spiro atoms. The summed E-state index contributed by atoms with van der Waals surface area (Å²) in [6.07, 6.45) is 2.16. The van der Waals surface area contributed by atoms with Gasteiger partial charge in [-0.3, -0.25) is 13.8 Å². The van der Waals surface area contributed by atoms with Crippen LogP contribution in [-0.4, -0.2) is 49.1 Å². The van der Waals surface area contributed by atoms with E-state index in [0.29, 0.717) is 16.7 Å². The van der Waals surface area contributed by atoms with Crippen LogP contribution in [-0.2, 0) is 40.1 Å². The van der Waals surface area contributed by atoms with Crippen molar-refractivity contribution in [1.29, 1.82) is 0 Å². The third-order valence-electron chi connectivity index (χ3n) is 6.47. The maximum atomic E-state index is 13.9. The van der Waals surface area contributed by atoms with E-state index < -0.39 is 46.5 Å². The van der Waals surface area contributed by atoms with Crippen molar-refractivity contribution in [3.63, 3.8) is 0 Å². The second-order valence-corrected chi connectivity index (χ2v) is 10.8. The molecular weight excluding hydrogens is 601 g/mol. The van der Waals surface area contributed by atoms with E-state index >= 15 is 0 Å². The minimum absolute atomic E-state index is 0.00829. The fourth-order valence-electron chi connectivity index (χ4n) is 4.42. The number of nitrogens with one attached hydrogen (secondary N) is 1. The molecule has 1 heterocycles. The fourth-order valence-corrected chi connectivity index (χ4v) is 5.62. The molecule has 0 bridgehead atoms. The first-order valence-corrected chi connectivity index (χ1v) is 13.9. The average Bonchev–Trinajstić information content (AvgIpc) is 2.92. The maximum Gasteiger partial charge on any atom is 0.326 e. The van der Waals surface area contributed by atoms with Gasteiger partial charge in [0.05, 0.1) is 15.6 Å². The van der Waals surface area contributed by atoms with Crippen LogP contribution in [0.15, 0.2) is 59.5 Å². The number of amides is 2. The van der Waals surface area contributed by atoms with Gasteiger partial charge in [0.25, 0.3) is 5.91 Å². The predicted molar refractivity (Wildman–Crippen MR) is 147 cm³/mol. The number of fused-ring (bicyclic) bond motifs is 1. The molecule has 1 aliphatic heterocycles. The van der Waals surface area contributed by atoms with E-state index in [-0.39, 0.29) is 52.0 Å². The molecule has 41 heavy (non-hydrogen) atoms. The highest BCUT2D eigenvalue weighted by Gasteiger charge is 2.29. The standard InChI is InChI=1S/C28H22Cl2F2N2O6S/c29-20-13-16-14-34(24(35)8-7-19-21(31)5-2-6-22(19)32)10-9-18(16)26(30)25(20)27(36)33-23(28(37)38)12-15-3-1-4-17(11-15)41(39)40/h1-8,11,13,23H,9-10,12,14H2,(H,33,36)(H,37,38)(H,39,40)/p-1/b8-7+/t23-/m0/s1. The largest absolute Gasteiger partial charge is 0.768 e. The van der Waals surface area contributed by atoms with E-state index in [1.165, 1.54) is 41.3 Å². The quantitative estimate of drug-likeness (QED) is 0.281. The van der Waals surface area contributed by atoms with E-state index in [0.717, 1.165) is 24.3 Å². The number of hydrogen-bond acceptors (Lipinski definition) is 5. The SMILES string of the molecule is O=C(N[C@@H](Cc1cccc(S(=O)[O-])c1)C(=O)O)c1c(Cl)cc2c(c1Cl)CCN(C(=O)/C=C/c1c(F)cccc1F)C2. The number of carbonyl (C=O) groups is 3. The summed E-state index contributed by atoms with van der Waals surface area (Å²) in [5.74, 6) is -4.30. The van der Waals surface area contributed by atoms with Crippen LogP contribution < -0.4 is 5.32 Å². The van der Waals surface area contributed by atoms with Crippen LogP contribution in [0.2, 0.25) is 10.0 Å². The second kappa shape index (κ2) is 12.9. The lowest BCUT2D eigenvalue weighted by Gasteiger charge is -2.29. The normalized spacial score (nSPS) is 14.4. The number of aliphatic carboxylic acids is 1. The Kier molecular flexibility index (Phi) is 9.54. The van der Waals surface area contributed by atoms with Gasteiger partial charge in [-0.25, -0.2) is 13.6 Å². The van der Waals surface area contributed by atoms with E-state index in [9.17, 15) is 37.0 Å². The molecule has 13 heteroatoms. The lowest BCUT2D eigenvalue weighted by atomic mass is 9.96. The molecule has 4 rings (SSSR count). The zero-order chi connectivity index (χ0) is 29.8. The van der Waals surface area contributed by atoms with Crippen molar-refractivity contribution in [2.24, 2.45) is 0 Å². The van der Waals surface area contributed by atoms with Crippen LogP contribution in [0.3, 0.4) is 0 Å². The molecule has 0 fully saturated rings. The molecule has 1 unspecified atom stereocenters. The van der Waals surface area contributed by atoms with Crippen molar-refractivity contribution in [3.8, 4) is 0 Å². The van der Waals surface area contributed by atoms with E-state index in [1.807, 2.05) is 0 Å². The molecule has 0 aliphatic carbocycles. The van der Waals surface area contributed by atoms with Gasteiger partial charge in [0, 0.05) is 36.0 Å². The van der Waals surface area contributed by atoms with Gasteiger partial charge in [-0.05, 0) is 70.6 Å². The van der Waals surface area contributed by atoms with Crippen molar-refractivity contribution in [2.75, 3.05) is 6.54 Å². The first-order chi connectivity index (χ1) is 19.5. The molecular formula is C28H21Cl2F2N2O6S-. The molecule has 2 amide bonds. The molecule has 0 radical (unpaired) electrons. The van der Waals surface area contributed by atoms with Gasteiger partial charge in [0.2, 0.25) is 5.91 Å². The summed E-state index contributed by atoms with van der Waals surface area (Å²) >= 11 is 10.4. The van der Waals surface area contributed by atoms with Crippen LogP contribution in [0.1, 0.15) is 32.6 Å². The molecule has 214 valence electrons. The van der Waals surface area contributed by atoms with Gasteiger partial charge in [-0.1, -0.05) is 41.4 Å². The Morgan fingerprint density at radius 2 is 1.80 bits per heavy atom. The van der Waals surface area contributed by atoms with Crippen molar-refractivity contribution in [3.05, 3.63) is 104 Å². The molecule has 2 atom stereocenters. The number of benzene rings is 3. The number of carboxylic acids is 1. The minimum Gasteiger partial charge on any atom is -0.768 e. The number of rotatable bonds is 8. The number of nitrogens with zero attached hydrogens (tertiary/aromatic N) is 1. The Labute approximate surface area is 245 Å². The Bertz CT molecular complexity index is 1580. The molecule has 8 nitrogen and oxygen atoms in total. The zero-order valence-corrected chi connectivity index (χ0v) is 23.4. The maximum absolute atomic E-state index is 13.9. The lowest BCUT2D eigenvalue weighted by molar-refractivity contribution is -0.139. The summed E-state index contributed by atoms with van der Waals surface area (Å²) < 4.78 is 50.2.